The summed E-state index contributed by atoms with van der Waals surface area (Å²) in [5.74, 6) is 1.88. The SMILES string of the molecule is CCCC1=CC(OCC)=CC1(C1CC1)N1CCOCC1. The number of hydrogen-bond donors (Lipinski definition) is 0. The van der Waals surface area contributed by atoms with Crippen molar-refractivity contribution in [3.63, 3.8) is 0 Å². The molecule has 1 saturated heterocycles. The van der Waals surface area contributed by atoms with Gasteiger partial charge in [0, 0.05) is 13.1 Å². The third-order valence-electron chi connectivity index (χ3n) is 4.76. The highest BCUT2D eigenvalue weighted by atomic mass is 16.5. The van der Waals surface area contributed by atoms with Gasteiger partial charge < -0.3 is 9.47 Å². The Hall–Kier alpha value is -0.800. The summed E-state index contributed by atoms with van der Waals surface area (Å²) < 4.78 is 11.4. The third kappa shape index (κ3) is 2.42. The van der Waals surface area contributed by atoms with Crippen LogP contribution in [0.4, 0.5) is 0 Å². The maximum absolute atomic E-state index is 5.83. The van der Waals surface area contributed by atoms with Crippen molar-refractivity contribution in [2.24, 2.45) is 5.92 Å². The van der Waals surface area contributed by atoms with Gasteiger partial charge in [-0.1, -0.05) is 13.3 Å². The molecule has 2 fully saturated rings. The summed E-state index contributed by atoms with van der Waals surface area (Å²) >= 11 is 0. The first-order valence-electron chi connectivity index (χ1n) is 8.20. The van der Waals surface area contributed by atoms with Gasteiger partial charge in [0.25, 0.3) is 0 Å². The van der Waals surface area contributed by atoms with E-state index in [1.54, 1.807) is 5.57 Å². The predicted octanol–water partition coefficient (Wildman–Crippen LogP) is 3.13. The zero-order valence-electron chi connectivity index (χ0n) is 12.9. The van der Waals surface area contributed by atoms with Gasteiger partial charge in [-0.2, -0.15) is 0 Å². The summed E-state index contributed by atoms with van der Waals surface area (Å²) in [6.45, 7) is 8.93. The Morgan fingerprint density at radius 2 is 2.05 bits per heavy atom. The van der Waals surface area contributed by atoms with Crippen LogP contribution in [0.1, 0.15) is 39.5 Å². The minimum absolute atomic E-state index is 0.143. The van der Waals surface area contributed by atoms with Crippen molar-refractivity contribution in [2.45, 2.75) is 45.1 Å². The quantitative estimate of drug-likeness (QED) is 0.744. The lowest BCUT2D eigenvalue weighted by molar-refractivity contribution is -0.00216. The number of nitrogens with zero attached hydrogens (tertiary/aromatic N) is 1. The molecule has 1 saturated carbocycles. The molecular formula is C17H27NO2. The zero-order chi connectivity index (χ0) is 14.0. The van der Waals surface area contributed by atoms with Crippen LogP contribution in [0.5, 0.6) is 0 Å². The minimum Gasteiger partial charge on any atom is -0.494 e. The Morgan fingerprint density at radius 3 is 2.65 bits per heavy atom. The summed E-state index contributed by atoms with van der Waals surface area (Å²) in [7, 11) is 0. The van der Waals surface area contributed by atoms with E-state index < -0.39 is 0 Å². The molecule has 1 heterocycles. The smallest absolute Gasteiger partial charge is 0.117 e. The molecule has 2 aliphatic carbocycles. The largest absolute Gasteiger partial charge is 0.494 e. The lowest BCUT2D eigenvalue weighted by Crippen LogP contribution is -2.54. The molecule has 20 heavy (non-hydrogen) atoms. The van der Waals surface area contributed by atoms with Crippen molar-refractivity contribution in [1.29, 1.82) is 0 Å². The molecule has 3 heteroatoms. The molecule has 0 N–H and O–H groups in total. The summed E-state index contributed by atoms with van der Waals surface area (Å²) in [4.78, 5) is 2.65. The van der Waals surface area contributed by atoms with Crippen LogP contribution in [-0.4, -0.2) is 43.3 Å². The number of morpholine rings is 1. The highest BCUT2D eigenvalue weighted by molar-refractivity contribution is 5.45. The number of rotatable bonds is 6. The van der Waals surface area contributed by atoms with Gasteiger partial charge in [-0.3, -0.25) is 4.90 Å². The molecule has 1 atom stereocenters. The van der Waals surface area contributed by atoms with Crippen molar-refractivity contribution < 1.29 is 9.47 Å². The van der Waals surface area contributed by atoms with Gasteiger partial charge in [0.1, 0.15) is 5.76 Å². The third-order valence-corrected chi connectivity index (χ3v) is 4.76. The van der Waals surface area contributed by atoms with Crippen LogP contribution in [0.2, 0.25) is 0 Å². The standard InChI is InChI=1S/C17H27NO2/c1-3-5-15-12-16(20-4-2)13-17(15,14-6-7-14)18-8-10-19-11-9-18/h12-14H,3-11H2,1-2H3. The first-order valence-corrected chi connectivity index (χ1v) is 8.20. The lowest BCUT2D eigenvalue weighted by Gasteiger charge is -2.44. The maximum atomic E-state index is 5.83. The van der Waals surface area contributed by atoms with Crippen LogP contribution >= 0.6 is 0 Å². The van der Waals surface area contributed by atoms with Gasteiger partial charge in [0.2, 0.25) is 0 Å². The average molecular weight is 277 g/mol. The molecule has 0 aromatic rings. The molecule has 0 spiro atoms. The topological polar surface area (TPSA) is 21.7 Å². The molecule has 1 unspecified atom stereocenters. The second kappa shape index (κ2) is 5.90. The van der Waals surface area contributed by atoms with Crippen LogP contribution in [0.25, 0.3) is 0 Å². The lowest BCUT2D eigenvalue weighted by atomic mass is 9.82. The first-order chi connectivity index (χ1) is 9.81. The fourth-order valence-electron chi connectivity index (χ4n) is 3.82. The van der Waals surface area contributed by atoms with Crippen molar-refractivity contribution in [1.82, 2.24) is 4.90 Å². The molecule has 0 radical (unpaired) electrons. The molecule has 112 valence electrons. The Kier molecular flexibility index (Phi) is 4.18. The fourth-order valence-corrected chi connectivity index (χ4v) is 3.82. The van der Waals surface area contributed by atoms with Gasteiger partial charge in [-0.25, -0.2) is 0 Å². The summed E-state index contributed by atoms with van der Waals surface area (Å²) in [5, 5.41) is 0. The molecule has 0 bridgehead atoms. The van der Waals surface area contributed by atoms with Gasteiger partial charge in [0.05, 0.1) is 25.4 Å². The van der Waals surface area contributed by atoms with Crippen LogP contribution in [0.3, 0.4) is 0 Å². The first kappa shape index (κ1) is 14.2. The van der Waals surface area contributed by atoms with E-state index in [2.05, 4.69) is 30.9 Å². The Balaban J connectivity index is 1.91. The van der Waals surface area contributed by atoms with Crippen LogP contribution in [0.15, 0.2) is 23.5 Å². The zero-order valence-corrected chi connectivity index (χ0v) is 12.9. The van der Waals surface area contributed by atoms with Gasteiger partial charge in [-0.05, 0) is 49.8 Å². The van der Waals surface area contributed by atoms with Crippen LogP contribution in [0, 0.1) is 5.92 Å². The molecule has 0 aromatic carbocycles. The van der Waals surface area contributed by atoms with E-state index >= 15 is 0 Å². The normalized spacial score (nSPS) is 31.1. The van der Waals surface area contributed by atoms with Crippen molar-refractivity contribution in [2.75, 3.05) is 32.9 Å². The molecule has 3 aliphatic rings. The Bertz CT molecular complexity index is 405. The molecular weight excluding hydrogens is 250 g/mol. The molecule has 3 nitrogen and oxygen atoms in total. The van der Waals surface area contributed by atoms with E-state index in [0.717, 1.165) is 44.6 Å². The Labute approximate surface area is 122 Å². The van der Waals surface area contributed by atoms with Crippen LogP contribution < -0.4 is 0 Å². The second-order valence-corrected chi connectivity index (χ2v) is 6.10. The summed E-state index contributed by atoms with van der Waals surface area (Å²) in [6.07, 6.45) is 9.84. The Morgan fingerprint density at radius 1 is 1.30 bits per heavy atom. The van der Waals surface area contributed by atoms with E-state index in [-0.39, 0.29) is 5.54 Å². The van der Waals surface area contributed by atoms with Gasteiger partial charge in [0.15, 0.2) is 0 Å². The summed E-state index contributed by atoms with van der Waals surface area (Å²) in [6, 6.07) is 0. The maximum Gasteiger partial charge on any atom is 0.117 e. The molecule has 1 aliphatic heterocycles. The van der Waals surface area contributed by atoms with Crippen molar-refractivity contribution >= 4 is 0 Å². The van der Waals surface area contributed by atoms with Gasteiger partial charge in [-0.15, -0.1) is 0 Å². The van der Waals surface area contributed by atoms with E-state index in [0.29, 0.717) is 0 Å². The predicted molar refractivity (Wildman–Crippen MR) is 80.5 cm³/mol. The number of allylic oxidation sites excluding steroid dienone is 1. The van der Waals surface area contributed by atoms with Crippen molar-refractivity contribution in [3.8, 4) is 0 Å². The average Bonchev–Trinajstić information content (AvgIpc) is 3.25. The highest BCUT2D eigenvalue weighted by Gasteiger charge is 2.52. The second-order valence-electron chi connectivity index (χ2n) is 6.10. The number of ether oxygens (including phenoxy) is 2. The summed E-state index contributed by atoms with van der Waals surface area (Å²) in [5.41, 5.74) is 1.72. The highest BCUT2D eigenvalue weighted by Crippen LogP contribution is 2.52. The number of hydrogen-bond acceptors (Lipinski definition) is 3. The minimum atomic E-state index is 0.143. The van der Waals surface area contributed by atoms with E-state index in [1.807, 2.05) is 0 Å². The molecule has 0 aromatic heterocycles. The molecule has 0 amide bonds. The fraction of sp³-hybridized carbons (Fsp3) is 0.765. The van der Waals surface area contributed by atoms with Crippen molar-refractivity contribution in [3.05, 3.63) is 23.5 Å². The van der Waals surface area contributed by atoms with E-state index in [9.17, 15) is 0 Å². The van der Waals surface area contributed by atoms with Crippen LogP contribution in [-0.2, 0) is 9.47 Å². The monoisotopic (exact) mass is 277 g/mol. The van der Waals surface area contributed by atoms with E-state index in [1.165, 1.54) is 25.7 Å². The van der Waals surface area contributed by atoms with Gasteiger partial charge >= 0.3 is 0 Å². The molecule has 3 rings (SSSR count). The van der Waals surface area contributed by atoms with E-state index in [4.69, 9.17) is 9.47 Å².